The zero-order valence-electron chi connectivity index (χ0n) is 18.6. The Morgan fingerprint density at radius 3 is 2.21 bits per heavy atom. The molecular weight excluding hydrogens is 461 g/mol. The molecule has 0 saturated heterocycles. The first-order chi connectivity index (χ1) is 16.2. The van der Waals surface area contributed by atoms with E-state index in [9.17, 15) is 22.4 Å². The number of amides is 2. The van der Waals surface area contributed by atoms with Gasteiger partial charge in [0.05, 0.1) is 23.3 Å². The van der Waals surface area contributed by atoms with Crippen LogP contribution >= 0.6 is 0 Å². The summed E-state index contributed by atoms with van der Waals surface area (Å²) in [6, 6.07) is 16.1. The first-order valence-electron chi connectivity index (χ1n) is 10.3. The Morgan fingerprint density at radius 2 is 1.56 bits per heavy atom. The minimum absolute atomic E-state index is 0.0734. The molecule has 0 aliphatic heterocycles. The van der Waals surface area contributed by atoms with Gasteiger partial charge in [0.15, 0.2) is 0 Å². The van der Waals surface area contributed by atoms with E-state index in [2.05, 4.69) is 15.4 Å². The fourth-order valence-corrected chi connectivity index (χ4v) is 4.21. The number of carbonyl (C=O) groups is 2. The van der Waals surface area contributed by atoms with Crippen LogP contribution in [-0.2, 0) is 10.0 Å². The van der Waals surface area contributed by atoms with E-state index < -0.39 is 21.7 Å². The third kappa shape index (κ3) is 6.10. The minimum atomic E-state index is -4.04. The molecule has 0 radical (unpaired) electrons. The van der Waals surface area contributed by atoms with Gasteiger partial charge in [-0.2, -0.15) is 0 Å². The monoisotopic (exact) mass is 485 g/mol. The van der Waals surface area contributed by atoms with Crippen LogP contribution in [0.2, 0.25) is 0 Å². The van der Waals surface area contributed by atoms with Gasteiger partial charge in [0.2, 0.25) is 0 Å². The second-order valence-corrected chi connectivity index (χ2v) is 8.98. The largest absolute Gasteiger partial charge is 0.497 e. The van der Waals surface area contributed by atoms with Gasteiger partial charge in [-0.05, 0) is 67.1 Å². The number of para-hydroxylation sites is 1. The van der Waals surface area contributed by atoms with E-state index in [4.69, 9.17) is 4.74 Å². The van der Waals surface area contributed by atoms with E-state index in [-0.39, 0.29) is 40.7 Å². The van der Waals surface area contributed by atoms with E-state index >= 15 is 0 Å². The van der Waals surface area contributed by atoms with Crippen molar-refractivity contribution in [3.8, 4) is 5.75 Å². The van der Waals surface area contributed by atoms with E-state index in [1.807, 2.05) is 0 Å². The topological polar surface area (TPSA) is 114 Å². The van der Waals surface area contributed by atoms with Crippen LogP contribution in [-0.4, -0.2) is 40.4 Å². The van der Waals surface area contributed by atoms with Gasteiger partial charge in [0.25, 0.3) is 21.8 Å². The maximum atomic E-state index is 13.5. The number of anilines is 1. The number of methoxy groups -OCH3 is 1. The molecule has 178 valence electrons. The SMILES string of the molecule is COc1ccc(C(=O)NCCNC(=O)c2ccccc2NS(=O)(=O)c2ccc(F)c(C)c2)cc1. The Labute approximate surface area is 197 Å². The quantitative estimate of drug-likeness (QED) is 0.403. The van der Waals surface area contributed by atoms with E-state index in [0.717, 1.165) is 12.1 Å². The summed E-state index contributed by atoms with van der Waals surface area (Å²) in [4.78, 5) is 24.7. The third-order valence-corrected chi connectivity index (χ3v) is 6.27. The Hall–Kier alpha value is -3.92. The van der Waals surface area contributed by atoms with Crippen LogP contribution in [0.15, 0.2) is 71.6 Å². The van der Waals surface area contributed by atoms with Crippen molar-refractivity contribution in [3.05, 3.63) is 89.2 Å². The molecule has 8 nitrogen and oxygen atoms in total. The van der Waals surface area contributed by atoms with Crippen LogP contribution in [0.1, 0.15) is 26.3 Å². The van der Waals surface area contributed by atoms with Crippen molar-refractivity contribution >= 4 is 27.5 Å². The van der Waals surface area contributed by atoms with Crippen LogP contribution < -0.4 is 20.1 Å². The maximum absolute atomic E-state index is 13.5. The first kappa shape index (κ1) is 24.7. The number of halogens is 1. The second kappa shape index (κ2) is 10.8. The van der Waals surface area contributed by atoms with E-state index in [1.165, 1.54) is 32.2 Å². The number of hydrogen-bond acceptors (Lipinski definition) is 5. The highest BCUT2D eigenvalue weighted by Gasteiger charge is 2.19. The Balaban J connectivity index is 1.60. The fourth-order valence-electron chi connectivity index (χ4n) is 3.05. The summed E-state index contributed by atoms with van der Waals surface area (Å²) in [7, 11) is -2.51. The van der Waals surface area contributed by atoms with Crippen molar-refractivity contribution in [2.75, 3.05) is 24.9 Å². The zero-order valence-corrected chi connectivity index (χ0v) is 19.4. The number of sulfonamides is 1. The van der Waals surface area contributed by atoms with Gasteiger partial charge < -0.3 is 15.4 Å². The molecule has 0 saturated carbocycles. The fraction of sp³-hybridized carbons (Fsp3) is 0.167. The lowest BCUT2D eigenvalue weighted by Gasteiger charge is -2.13. The average molecular weight is 486 g/mol. The standard InChI is InChI=1S/C24H24FN3O5S/c1-16-15-19(11-12-21(16)25)34(31,32)28-22-6-4-3-5-20(22)24(30)27-14-13-26-23(29)17-7-9-18(33-2)10-8-17/h3-12,15,28H,13-14H2,1-2H3,(H,26,29)(H,27,30). The van der Waals surface area contributed by atoms with Gasteiger partial charge in [-0.25, -0.2) is 12.8 Å². The number of nitrogens with one attached hydrogen (secondary N) is 3. The highest BCUT2D eigenvalue weighted by atomic mass is 32.2. The van der Waals surface area contributed by atoms with E-state index in [1.54, 1.807) is 36.4 Å². The number of aryl methyl sites for hydroxylation is 1. The van der Waals surface area contributed by atoms with Gasteiger partial charge in [-0.1, -0.05) is 12.1 Å². The number of benzene rings is 3. The number of carbonyl (C=O) groups excluding carboxylic acids is 2. The van der Waals surface area contributed by atoms with Crippen LogP contribution in [0.4, 0.5) is 10.1 Å². The van der Waals surface area contributed by atoms with Crippen LogP contribution in [0.25, 0.3) is 0 Å². The summed E-state index contributed by atoms with van der Waals surface area (Å²) in [5.41, 5.74) is 0.809. The predicted molar refractivity (Wildman–Crippen MR) is 126 cm³/mol. The molecule has 0 spiro atoms. The first-order valence-corrected chi connectivity index (χ1v) is 11.8. The molecule has 0 heterocycles. The average Bonchev–Trinajstić information content (AvgIpc) is 2.83. The van der Waals surface area contributed by atoms with Crippen LogP contribution in [0.5, 0.6) is 5.75 Å². The van der Waals surface area contributed by atoms with Gasteiger partial charge in [0.1, 0.15) is 11.6 Å². The third-order valence-electron chi connectivity index (χ3n) is 4.90. The van der Waals surface area contributed by atoms with Crippen molar-refractivity contribution in [1.82, 2.24) is 10.6 Å². The van der Waals surface area contributed by atoms with Crippen molar-refractivity contribution < 1.29 is 27.1 Å². The van der Waals surface area contributed by atoms with E-state index in [0.29, 0.717) is 11.3 Å². The summed E-state index contributed by atoms with van der Waals surface area (Å²) in [6.07, 6.45) is 0. The van der Waals surface area contributed by atoms with Crippen LogP contribution in [0.3, 0.4) is 0 Å². The molecule has 0 fully saturated rings. The van der Waals surface area contributed by atoms with Gasteiger partial charge in [0, 0.05) is 18.7 Å². The molecule has 0 unspecified atom stereocenters. The Morgan fingerprint density at radius 1 is 0.912 bits per heavy atom. The lowest BCUT2D eigenvalue weighted by molar-refractivity contribution is 0.0928. The Bertz CT molecular complexity index is 1290. The van der Waals surface area contributed by atoms with Crippen molar-refractivity contribution in [1.29, 1.82) is 0 Å². The molecule has 0 aliphatic carbocycles. The number of rotatable bonds is 9. The normalized spacial score (nSPS) is 10.9. The molecule has 3 aromatic rings. The molecule has 0 bridgehead atoms. The smallest absolute Gasteiger partial charge is 0.261 e. The maximum Gasteiger partial charge on any atom is 0.261 e. The predicted octanol–water partition coefficient (Wildman–Crippen LogP) is 3.10. The van der Waals surface area contributed by atoms with Crippen molar-refractivity contribution in [2.45, 2.75) is 11.8 Å². The lowest BCUT2D eigenvalue weighted by Crippen LogP contribution is -2.35. The van der Waals surface area contributed by atoms with Crippen LogP contribution in [0, 0.1) is 12.7 Å². The summed E-state index contributed by atoms with van der Waals surface area (Å²) >= 11 is 0. The molecule has 0 atom stereocenters. The molecule has 34 heavy (non-hydrogen) atoms. The molecule has 3 rings (SSSR count). The molecule has 10 heteroatoms. The number of ether oxygens (including phenoxy) is 1. The summed E-state index contributed by atoms with van der Waals surface area (Å²) in [6.45, 7) is 1.75. The van der Waals surface area contributed by atoms with Gasteiger partial charge in [-0.3, -0.25) is 14.3 Å². The highest BCUT2D eigenvalue weighted by molar-refractivity contribution is 7.92. The molecular formula is C24H24FN3O5S. The molecule has 0 aliphatic rings. The summed E-state index contributed by atoms with van der Waals surface area (Å²) in [5, 5.41) is 5.34. The van der Waals surface area contributed by atoms with Gasteiger partial charge >= 0.3 is 0 Å². The zero-order chi connectivity index (χ0) is 24.7. The van der Waals surface area contributed by atoms with Gasteiger partial charge in [-0.15, -0.1) is 0 Å². The van der Waals surface area contributed by atoms with Crippen molar-refractivity contribution in [3.63, 3.8) is 0 Å². The highest BCUT2D eigenvalue weighted by Crippen LogP contribution is 2.21. The molecule has 0 aromatic heterocycles. The van der Waals surface area contributed by atoms with Crippen molar-refractivity contribution in [2.24, 2.45) is 0 Å². The molecule has 2 amide bonds. The summed E-state index contributed by atoms with van der Waals surface area (Å²) < 4.78 is 46.4. The lowest BCUT2D eigenvalue weighted by atomic mass is 10.1. The minimum Gasteiger partial charge on any atom is -0.497 e. The number of hydrogen-bond donors (Lipinski definition) is 3. The summed E-state index contributed by atoms with van der Waals surface area (Å²) in [5.74, 6) is -0.711. The Kier molecular flexibility index (Phi) is 7.85. The molecule has 3 aromatic carbocycles. The second-order valence-electron chi connectivity index (χ2n) is 7.30. The molecule has 3 N–H and O–H groups in total.